The number of piperidine rings is 2. The summed E-state index contributed by atoms with van der Waals surface area (Å²) in [4.78, 5) is 13.9. The average molecular weight is 371 g/mol. The van der Waals surface area contributed by atoms with Crippen molar-refractivity contribution in [1.82, 2.24) is 5.32 Å². The highest BCUT2D eigenvalue weighted by Gasteiger charge is 2.34. The van der Waals surface area contributed by atoms with E-state index in [1.165, 1.54) is 9.26 Å². The van der Waals surface area contributed by atoms with E-state index in [2.05, 4.69) is 38.9 Å². The number of nitrogens with zero attached hydrogens (tertiary/aromatic N) is 1. The third-order valence-corrected chi connectivity index (χ3v) is 5.00. The van der Waals surface area contributed by atoms with Crippen LogP contribution in [0.4, 0.5) is 11.4 Å². The van der Waals surface area contributed by atoms with Crippen molar-refractivity contribution in [3.8, 4) is 0 Å². The molecule has 2 atom stereocenters. The van der Waals surface area contributed by atoms with Gasteiger partial charge in [-0.1, -0.05) is 0 Å². The number of nitrogen functional groups attached to an aromatic ring is 1. The molecule has 3 N–H and O–H groups in total. The predicted octanol–water partition coefficient (Wildman–Crippen LogP) is 1.98. The van der Waals surface area contributed by atoms with Crippen LogP contribution in [0.3, 0.4) is 0 Å². The molecule has 2 saturated heterocycles. The van der Waals surface area contributed by atoms with E-state index in [1.807, 2.05) is 12.1 Å². The highest BCUT2D eigenvalue weighted by Crippen LogP contribution is 2.31. The molecule has 4 nitrogen and oxygen atoms in total. The van der Waals surface area contributed by atoms with Crippen molar-refractivity contribution in [2.24, 2.45) is 5.92 Å². The van der Waals surface area contributed by atoms with Crippen LogP contribution in [0.1, 0.15) is 19.3 Å². The standard InChI is InChI=1S/C14H18IN3O/c15-11-7-10(16)2-3-13(11)18-6-5-12-9(8-18)1-4-14(19)17-12/h2-3,7,9,12H,1,4-6,8,16H2,(H,17,19). The van der Waals surface area contributed by atoms with Crippen molar-refractivity contribution in [2.45, 2.75) is 25.3 Å². The molecule has 19 heavy (non-hydrogen) atoms. The summed E-state index contributed by atoms with van der Waals surface area (Å²) in [6.45, 7) is 2.03. The highest BCUT2D eigenvalue weighted by molar-refractivity contribution is 14.1. The van der Waals surface area contributed by atoms with E-state index in [1.54, 1.807) is 0 Å². The molecule has 0 saturated carbocycles. The molecule has 2 heterocycles. The number of benzene rings is 1. The zero-order chi connectivity index (χ0) is 13.4. The second-order valence-electron chi connectivity index (χ2n) is 5.42. The van der Waals surface area contributed by atoms with Gasteiger partial charge in [-0.05, 0) is 59.5 Å². The molecule has 2 aliphatic rings. The Morgan fingerprint density at radius 2 is 2.21 bits per heavy atom. The topological polar surface area (TPSA) is 58.4 Å². The van der Waals surface area contributed by atoms with Gasteiger partial charge in [0, 0.05) is 34.8 Å². The molecule has 2 unspecified atom stereocenters. The van der Waals surface area contributed by atoms with Gasteiger partial charge in [0.1, 0.15) is 0 Å². The Bertz CT molecular complexity index is 505. The number of nitrogens with two attached hydrogens (primary N) is 1. The van der Waals surface area contributed by atoms with Gasteiger partial charge < -0.3 is 16.0 Å². The lowest BCUT2D eigenvalue weighted by molar-refractivity contribution is -0.124. The van der Waals surface area contributed by atoms with Crippen LogP contribution in [-0.2, 0) is 4.79 Å². The van der Waals surface area contributed by atoms with Crippen LogP contribution in [0, 0.1) is 9.49 Å². The van der Waals surface area contributed by atoms with Crippen molar-refractivity contribution in [1.29, 1.82) is 0 Å². The minimum absolute atomic E-state index is 0.219. The van der Waals surface area contributed by atoms with Crippen LogP contribution in [-0.4, -0.2) is 25.0 Å². The minimum Gasteiger partial charge on any atom is -0.399 e. The van der Waals surface area contributed by atoms with Crippen LogP contribution in [0.5, 0.6) is 0 Å². The molecule has 102 valence electrons. The van der Waals surface area contributed by atoms with Crippen LogP contribution in [0.2, 0.25) is 0 Å². The van der Waals surface area contributed by atoms with E-state index in [0.29, 0.717) is 18.4 Å². The largest absolute Gasteiger partial charge is 0.399 e. The number of carbonyl (C=O) groups excluding carboxylic acids is 1. The fraction of sp³-hybridized carbons (Fsp3) is 0.500. The lowest BCUT2D eigenvalue weighted by Gasteiger charge is -2.42. The summed E-state index contributed by atoms with van der Waals surface area (Å²) in [7, 11) is 0. The predicted molar refractivity (Wildman–Crippen MR) is 85.1 cm³/mol. The average Bonchev–Trinajstić information content (AvgIpc) is 2.38. The first kappa shape index (κ1) is 13.0. The lowest BCUT2D eigenvalue weighted by Crippen LogP contribution is -2.54. The van der Waals surface area contributed by atoms with Crippen LogP contribution in [0.15, 0.2) is 18.2 Å². The van der Waals surface area contributed by atoms with Crippen molar-refractivity contribution in [3.63, 3.8) is 0 Å². The van der Waals surface area contributed by atoms with Crippen molar-refractivity contribution in [3.05, 3.63) is 21.8 Å². The van der Waals surface area contributed by atoms with Gasteiger partial charge in [0.25, 0.3) is 0 Å². The molecule has 0 aromatic heterocycles. The summed E-state index contributed by atoms with van der Waals surface area (Å²) in [5.74, 6) is 0.802. The summed E-state index contributed by atoms with van der Waals surface area (Å²) >= 11 is 2.35. The number of anilines is 2. The Hall–Kier alpha value is -0.980. The van der Waals surface area contributed by atoms with Crippen molar-refractivity contribution in [2.75, 3.05) is 23.7 Å². The number of hydrogen-bond acceptors (Lipinski definition) is 3. The number of carbonyl (C=O) groups is 1. The van der Waals surface area contributed by atoms with Gasteiger partial charge >= 0.3 is 0 Å². The number of hydrogen-bond donors (Lipinski definition) is 2. The second kappa shape index (κ2) is 5.19. The quantitative estimate of drug-likeness (QED) is 0.586. The molecule has 2 fully saturated rings. The van der Waals surface area contributed by atoms with Gasteiger partial charge in [0.2, 0.25) is 5.91 Å². The van der Waals surface area contributed by atoms with E-state index >= 15 is 0 Å². The van der Waals surface area contributed by atoms with E-state index in [0.717, 1.165) is 31.6 Å². The monoisotopic (exact) mass is 371 g/mol. The van der Waals surface area contributed by atoms with Crippen LogP contribution in [0.25, 0.3) is 0 Å². The molecule has 0 bridgehead atoms. The SMILES string of the molecule is Nc1ccc(N2CCC3NC(=O)CCC3C2)c(I)c1. The molecule has 1 amide bonds. The van der Waals surface area contributed by atoms with Crippen molar-refractivity contribution >= 4 is 39.9 Å². The lowest BCUT2D eigenvalue weighted by atomic mass is 9.85. The molecule has 0 aliphatic carbocycles. The number of halogens is 1. The Morgan fingerprint density at radius 3 is 3.00 bits per heavy atom. The molecule has 1 aromatic rings. The summed E-state index contributed by atoms with van der Waals surface area (Å²) in [6.07, 6.45) is 2.73. The maximum Gasteiger partial charge on any atom is 0.220 e. The van der Waals surface area contributed by atoms with Gasteiger partial charge in [0.15, 0.2) is 0 Å². The third kappa shape index (κ3) is 2.66. The highest BCUT2D eigenvalue weighted by atomic mass is 127. The smallest absolute Gasteiger partial charge is 0.220 e. The normalized spacial score (nSPS) is 26.8. The minimum atomic E-state index is 0.219. The van der Waals surface area contributed by atoms with Gasteiger partial charge in [-0.15, -0.1) is 0 Å². The first-order chi connectivity index (χ1) is 9.13. The van der Waals surface area contributed by atoms with Gasteiger partial charge in [-0.25, -0.2) is 0 Å². The zero-order valence-electron chi connectivity index (χ0n) is 10.7. The van der Waals surface area contributed by atoms with Gasteiger partial charge in [-0.3, -0.25) is 4.79 Å². The van der Waals surface area contributed by atoms with Gasteiger partial charge in [0.05, 0.1) is 5.69 Å². The maximum atomic E-state index is 11.4. The molecule has 3 rings (SSSR count). The van der Waals surface area contributed by atoms with E-state index in [9.17, 15) is 4.79 Å². The Kier molecular flexibility index (Phi) is 3.56. The number of rotatable bonds is 1. The molecule has 5 heteroatoms. The van der Waals surface area contributed by atoms with E-state index in [4.69, 9.17) is 5.73 Å². The van der Waals surface area contributed by atoms with Crippen LogP contribution < -0.4 is 16.0 Å². The molecule has 0 radical (unpaired) electrons. The molecule has 1 aromatic carbocycles. The zero-order valence-corrected chi connectivity index (χ0v) is 12.9. The molecular weight excluding hydrogens is 353 g/mol. The summed E-state index contributed by atoms with van der Waals surface area (Å²) in [5, 5.41) is 3.13. The molecule has 0 spiro atoms. The third-order valence-electron chi connectivity index (χ3n) is 4.13. The van der Waals surface area contributed by atoms with Crippen LogP contribution >= 0.6 is 22.6 Å². The Morgan fingerprint density at radius 1 is 1.37 bits per heavy atom. The summed E-state index contributed by atoms with van der Waals surface area (Å²) < 4.78 is 1.20. The Balaban J connectivity index is 1.76. The van der Waals surface area contributed by atoms with E-state index < -0.39 is 0 Å². The Labute approximate surface area is 126 Å². The fourth-order valence-corrected chi connectivity index (χ4v) is 3.99. The van der Waals surface area contributed by atoms with Crippen molar-refractivity contribution < 1.29 is 4.79 Å². The first-order valence-electron chi connectivity index (χ1n) is 6.73. The first-order valence-corrected chi connectivity index (χ1v) is 7.80. The van der Waals surface area contributed by atoms with Gasteiger partial charge in [-0.2, -0.15) is 0 Å². The fourth-order valence-electron chi connectivity index (χ4n) is 3.11. The molecular formula is C14H18IN3O. The summed E-state index contributed by atoms with van der Waals surface area (Å²) in [6, 6.07) is 6.47. The number of fused-ring (bicyclic) bond motifs is 1. The number of amides is 1. The summed E-state index contributed by atoms with van der Waals surface area (Å²) in [5.41, 5.74) is 7.89. The number of nitrogens with one attached hydrogen (secondary N) is 1. The van der Waals surface area contributed by atoms with E-state index in [-0.39, 0.29) is 5.91 Å². The second-order valence-corrected chi connectivity index (χ2v) is 6.58. The molecule has 2 aliphatic heterocycles. The maximum absolute atomic E-state index is 11.4.